The molecule has 2 heteroatoms. The molecule has 2 aliphatic carbocycles. The van der Waals surface area contributed by atoms with Gasteiger partial charge in [-0.05, 0) is 57.4 Å². The monoisotopic (exact) mass is 265 g/mol. The Bertz CT molecular complexity index is 279. The van der Waals surface area contributed by atoms with Crippen LogP contribution in [-0.4, -0.2) is 25.3 Å². The van der Waals surface area contributed by atoms with Gasteiger partial charge in [0.2, 0.25) is 0 Å². The summed E-state index contributed by atoms with van der Waals surface area (Å²) >= 11 is 0. The van der Waals surface area contributed by atoms with Crippen LogP contribution in [0.2, 0.25) is 0 Å². The van der Waals surface area contributed by atoms with Gasteiger partial charge in [0.15, 0.2) is 0 Å². The first-order chi connectivity index (χ1) is 9.33. The van der Waals surface area contributed by atoms with Gasteiger partial charge in [0.05, 0.1) is 5.60 Å². The predicted molar refractivity (Wildman–Crippen MR) is 79.3 cm³/mol. The van der Waals surface area contributed by atoms with Crippen molar-refractivity contribution in [1.82, 2.24) is 5.32 Å². The summed E-state index contributed by atoms with van der Waals surface area (Å²) in [4.78, 5) is 0. The maximum absolute atomic E-state index is 6.21. The first kappa shape index (κ1) is 13.9. The summed E-state index contributed by atoms with van der Waals surface area (Å²) in [5.74, 6) is 1.79. The van der Waals surface area contributed by atoms with E-state index in [9.17, 15) is 0 Å². The lowest BCUT2D eigenvalue weighted by Crippen LogP contribution is -2.48. The normalized spacial score (nSPS) is 33.6. The molecule has 1 spiro atoms. The third-order valence-corrected chi connectivity index (χ3v) is 6.04. The molecule has 19 heavy (non-hydrogen) atoms. The fourth-order valence-electron chi connectivity index (χ4n) is 5.09. The highest BCUT2D eigenvalue weighted by Gasteiger charge is 2.43. The van der Waals surface area contributed by atoms with E-state index in [1.54, 1.807) is 0 Å². The molecule has 0 radical (unpaired) electrons. The van der Waals surface area contributed by atoms with Crippen LogP contribution in [0, 0.1) is 11.8 Å². The molecule has 1 aliphatic heterocycles. The lowest BCUT2D eigenvalue weighted by atomic mass is 9.73. The minimum Gasteiger partial charge on any atom is -0.375 e. The molecule has 0 bridgehead atoms. The molecule has 3 aliphatic rings. The summed E-state index contributed by atoms with van der Waals surface area (Å²) in [5.41, 5.74) is 0.284. The summed E-state index contributed by atoms with van der Waals surface area (Å²) < 4.78 is 6.21. The number of nitrogens with one attached hydrogen (secondary N) is 1. The van der Waals surface area contributed by atoms with Gasteiger partial charge in [0.1, 0.15) is 0 Å². The smallest absolute Gasteiger partial charge is 0.0685 e. The van der Waals surface area contributed by atoms with Gasteiger partial charge in [-0.25, -0.2) is 0 Å². The quantitative estimate of drug-likeness (QED) is 0.836. The van der Waals surface area contributed by atoms with Crippen molar-refractivity contribution in [3.63, 3.8) is 0 Å². The fourth-order valence-corrected chi connectivity index (χ4v) is 5.09. The summed E-state index contributed by atoms with van der Waals surface area (Å²) in [7, 11) is 2.19. The van der Waals surface area contributed by atoms with E-state index in [-0.39, 0.29) is 5.60 Å². The van der Waals surface area contributed by atoms with Gasteiger partial charge in [-0.1, -0.05) is 32.1 Å². The van der Waals surface area contributed by atoms with Gasteiger partial charge < -0.3 is 10.1 Å². The largest absolute Gasteiger partial charge is 0.375 e. The van der Waals surface area contributed by atoms with Gasteiger partial charge in [0, 0.05) is 12.6 Å². The Kier molecular flexibility index (Phi) is 4.48. The van der Waals surface area contributed by atoms with E-state index in [1.165, 1.54) is 70.6 Å². The van der Waals surface area contributed by atoms with E-state index < -0.39 is 0 Å². The molecule has 3 rings (SSSR count). The van der Waals surface area contributed by atoms with Crippen LogP contribution in [0.25, 0.3) is 0 Å². The van der Waals surface area contributed by atoms with Crippen molar-refractivity contribution in [1.29, 1.82) is 0 Å². The molecule has 3 fully saturated rings. The molecular weight excluding hydrogens is 234 g/mol. The zero-order valence-electron chi connectivity index (χ0n) is 12.6. The topological polar surface area (TPSA) is 21.3 Å². The van der Waals surface area contributed by atoms with Crippen LogP contribution in [-0.2, 0) is 4.74 Å². The van der Waals surface area contributed by atoms with E-state index in [0.717, 1.165) is 24.5 Å². The van der Waals surface area contributed by atoms with Crippen LogP contribution < -0.4 is 5.32 Å². The van der Waals surface area contributed by atoms with Gasteiger partial charge >= 0.3 is 0 Å². The number of hydrogen-bond acceptors (Lipinski definition) is 2. The third kappa shape index (κ3) is 3.00. The summed E-state index contributed by atoms with van der Waals surface area (Å²) in [6.45, 7) is 1.01. The van der Waals surface area contributed by atoms with Crippen LogP contribution in [0.5, 0.6) is 0 Å². The van der Waals surface area contributed by atoms with E-state index in [1.807, 2.05) is 0 Å². The predicted octanol–water partition coefficient (Wildman–Crippen LogP) is 3.89. The third-order valence-electron chi connectivity index (χ3n) is 6.04. The number of rotatable bonds is 3. The zero-order valence-corrected chi connectivity index (χ0v) is 12.6. The maximum Gasteiger partial charge on any atom is 0.0685 e. The summed E-state index contributed by atoms with van der Waals surface area (Å²) in [6.07, 6.45) is 15.3. The Morgan fingerprint density at radius 3 is 2.37 bits per heavy atom. The highest BCUT2D eigenvalue weighted by molar-refractivity contribution is 4.96. The number of ether oxygens (including phenoxy) is 1. The van der Waals surface area contributed by atoms with E-state index in [4.69, 9.17) is 4.74 Å². The van der Waals surface area contributed by atoms with E-state index in [2.05, 4.69) is 12.4 Å². The molecular formula is C17H31NO. The van der Waals surface area contributed by atoms with Crippen LogP contribution in [0.1, 0.15) is 70.6 Å². The molecule has 1 saturated heterocycles. The van der Waals surface area contributed by atoms with Crippen molar-refractivity contribution in [2.75, 3.05) is 13.7 Å². The molecule has 0 aromatic rings. The van der Waals surface area contributed by atoms with Crippen LogP contribution in [0.3, 0.4) is 0 Å². The Hall–Kier alpha value is -0.0800. The van der Waals surface area contributed by atoms with Crippen molar-refractivity contribution >= 4 is 0 Å². The average molecular weight is 265 g/mol. The van der Waals surface area contributed by atoms with Gasteiger partial charge in [-0.15, -0.1) is 0 Å². The molecule has 1 heterocycles. The SMILES string of the molecule is CNC(C1CCCCC1)C1CCOC2(CCCC2)C1. The first-order valence-electron chi connectivity index (χ1n) is 8.64. The van der Waals surface area contributed by atoms with Crippen LogP contribution in [0.15, 0.2) is 0 Å². The Morgan fingerprint density at radius 2 is 1.68 bits per heavy atom. The van der Waals surface area contributed by atoms with E-state index in [0.29, 0.717) is 0 Å². The van der Waals surface area contributed by atoms with Crippen molar-refractivity contribution in [2.24, 2.45) is 11.8 Å². The molecule has 0 aromatic heterocycles. The molecule has 0 amide bonds. The molecule has 2 atom stereocenters. The number of hydrogen-bond donors (Lipinski definition) is 1. The minimum atomic E-state index is 0.284. The average Bonchev–Trinajstić information content (AvgIpc) is 2.89. The summed E-state index contributed by atoms with van der Waals surface area (Å²) in [6, 6.07) is 0.752. The van der Waals surface area contributed by atoms with Gasteiger partial charge in [-0.2, -0.15) is 0 Å². The second kappa shape index (κ2) is 6.13. The molecule has 2 unspecified atom stereocenters. The van der Waals surface area contributed by atoms with Crippen molar-refractivity contribution in [3.8, 4) is 0 Å². The standard InChI is InChI=1S/C17H31NO/c1-18-16(14-7-3-2-4-8-14)15-9-12-19-17(13-15)10-5-6-11-17/h14-16,18H,2-13H2,1H3. The lowest BCUT2D eigenvalue weighted by molar-refractivity contribution is -0.101. The van der Waals surface area contributed by atoms with Crippen molar-refractivity contribution in [2.45, 2.75) is 82.3 Å². The van der Waals surface area contributed by atoms with Gasteiger partial charge in [-0.3, -0.25) is 0 Å². The molecule has 1 N–H and O–H groups in total. The van der Waals surface area contributed by atoms with Crippen molar-refractivity contribution in [3.05, 3.63) is 0 Å². The van der Waals surface area contributed by atoms with Crippen molar-refractivity contribution < 1.29 is 4.74 Å². The highest BCUT2D eigenvalue weighted by atomic mass is 16.5. The fraction of sp³-hybridized carbons (Fsp3) is 1.00. The Labute approximate surface area is 118 Å². The highest BCUT2D eigenvalue weighted by Crippen LogP contribution is 2.44. The first-order valence-corrected chi connectivity index (χ1v) is 8.64. The van der Waals surface area contributed by atoms with Crippen LogP contribution in [0.4, 0.5) is 0 Å². The van der Waals surface area contributed by atoms with E-state index >= 15 is 0 Å². The molecule has 110 valence electrons. The Balaban J connectivity index is 1.64. The lowest BCUT2D eigenvalue weighted by Gasteiger charge is -2.44. The Morgan fingerprint density at radius 1 is 0.947 bits per heavy atom. The zero-order chi connectivity index (χ0) is 13.1. The molecule has 2 nitrogen and oxygen atoms in total. The molecule has 0 aromatic carbocycles. The molecule has 2 saturated carbocycles. The minimum absolute atomic E-state index is 0.284. The van der Waals surface area contributed by atoms with Crippen LogP contribution >= 0.6 is 0 Å². The second-order valence-electron chi connectivity index (χ2n) is 7.20. The summed E-state index contributed by atoms with van der Waals surface area (Å²) in [5, 5.41) is 3.69. The maximum atomic E-state index is 6.21. The van der Waals surface area contributed by atoms with Gasteiger partial charge in [0.25, 0.3) is 0 Å². The second-order valence-corrected chi connectivity index (χ2v) is 7.20.